The average molecular weight is 420 g/mol. The standard InChI is InChI=1S/C19H24N4O5S/c1-6-9-28-14-8-7-12(2)13(10-14)11-29(26,27)18-20-16-15(21(18)3)17(24)23(5)19(25)22(16)4/h7-8,10H,6,9,11H2,1-5H3. The van der Waals surface area contributed by atoms with E-state index < -0.39 is 21.1 Å². The zero-order valence-corrected chi connectivity index (χ0v) is 17.9. The van der Waals surface area contributed by atoms with Gasteiger partial charge in [-0.1, -0.05) is 13.0 Å². The van der Waals surface area contributed by atoms with Crippen LogP contribution in [0.1, 0.15) is 24.5 Å². The number of aryl methyl sites for hydroxylation is 3. The largest absolute Gasteiger partial charge is 0.494 e. The van der Waals surface area contributed by atoms with Gasteiger partial charge >= 0.3 is 5.69 Å². The van der Waals surface area contributed by atoms with Crippen molar-refractivity contribution in [2.45, 2.75) is 31.2 Å². The predicted octanol–water partition coefficient (Wildman–Crippen LogP) is 1.04. The molecule has 0 aliphatic carbocycles. The molecule has 3 aromatic rings. The number of benzene rings is 1. The maximum Gasteiger partial charge on any atom is 0.332 e. The predicted molar refractivity (Wildman–Crippen MR) is 109 cm³/mol. The van der Waals surface area contributed by atoms with Crippen LogP contribution in [0.2, 0.25) is 0 Å². The normalized spacial score (nSPS) is 11.9. The van der Waals surface area contributed by atoms with E-state index in [0.717, 1.165) is 16.6 Å². The molecule has 156 valence electrons. The smallest absolute Gasteiger partial charge is 0.332 e. The van der Waals surface area contributed by atoms with Crippen molar-refractivity contribution in [1.82, 2.24) is 18.7 Å². The Hall–Kier alpha value is -2.88. The van der Waals surface area contributed by atoms with Crippen LogP contribution in [0.4, 0.5) is 0 Å². The number of rotatable bonds is 6. The molecule has 0 atom stereocenters. The van der Waals surface area contributed by atoms with E-state index >= 15 is 0 Å². The maximum absolute atomic E-state index is 13.1. The molecule has 0 saturated heterocycles. The molecule has 0 bridgehead atoms. The van der Waals surface area contributed by atoms with Gasteiger partial charge in [0.15, 0.2) is 11.2 Å². The fraction of sp³-hybridized carbons (Fsp3) is 0.421. The Labute approximate surface area is 168 Å². The molecule has 0 radical (unpaired) electrons. The van der Waals surface area contributed by atoms with Crippen LogP contribution in [-0.4, -0.2) is 33.7 Å². The van der Waals surface area contributed by atoms with Crippen molar-refractivity contribution in [2.24, 2.45) is 21.1 Å². The topological polar surface area (TPSA) is 105 Å². The summed E-state index contributed by atoms with van der Waals surface area (Å²) in [7, 11) is 0.362. The minimum atomic E-state index is -3.89. The monoisotopic (exact) mass is 420 g/mol. The van der Waals surface area contributed by atoms with Gasteiger partial charge in [-0.05, 0) is 36.6 Å². The summed E-state index contributed by atoms with van der Waals surface area (Å²) < 4.78 is 35.2. The summed E-state index contributed by atoms with van der Waals surface area (Å²) in [6.07, 6.45) is 0.842. The van der Waals surface area contributed by atoms with E-state index in [-0.39, 0.29) is 22.1 Å². The lowest BCUT2D eigenvalue weighted by Crippen LogP contribution is -2.37. The van der Waals surface area contributed by atoms with Gasteiger partial charge in [0.05, 0.1) is 12.4 Å². The molecule has 0 unspecified atom stereocenters. The first-order valence-electron chi connectivity index (χ1n) is 9.16. The van der Waals surface area contributed by atoms with Crippen LogP contribution in [0, 0.1) is 6.92 Å². The van der Waals surface area contributed by atoms with Crippen molar-refractivity contribution in [2.75, 3.05) is 6.61 Å². The zero-order chi connectivity index (χ0) is 21.5. The van der Waals surface area contributed by atoms with Gasteiger partial charge in [-0.3, -0.25) is 13.9 Å². The van der Waals surface area contributed by atoms with Crippen LogP contribution >= 0.6 is 0 Å². The Bertz CT molecular complexity index is 1320. The summed E-state index contributed by atoms with van der Waals surface area (Å²) in [6.45, 7) is 4.35. The minimum Gasteiger partial charge on any atom is -0.494 e. The lowest BCUT2D eigenvalue weighted by molar-refractivity contribution is 0.317. The van der Waals surface area contributed by atoms with Crippen molar-refractivity contribution in [3.05, 3.63) is 50.2 Å². The Balaban J connectivity index is 2.12. The third-order valence-corrected chi connectivity index (χ3v) is 6.46. The number of fused-ring (bicyclic) bond motifs is 1. The zero-order valence-electron chi connectivity index (χ0n) is 17.1. The van der Waals surface area contributed by atoms with Crippen molar-refractivity contribution in [3.63, 3.8) is 0 Å². The minimum absolute atomic E-state index is 0.0379. The van der Waals surface area contributed by atoms with E-state index in [2.05, 4.69) is 4.98 Å². The van der Waals surface area contributed by atoms with Gasteiger partial charge in [0.1, 0.15) is 5.75 Å². The first kappa shape index (κ1) is 20.8. The molecular formula is C19H24N4O5S. The van der Waals surface area contributed by atoms with E-state index in [9.17, 15) is 18.0 Å². The van der Waals surface area contributed by atoms with E-state index in [1.807, 2.05) is 19.9 Å². The van der Waals surface area contributed by atoms with Gasteiger partial charge in [0.2, 0.25) is 15.0 Å². The van der Waals surface area contributed by atoms with Crippen LogP contribution in [-0.2, 0) is 36.7 Å². The second-order valence-corrected chi connectivity index (χ2v) is 8.91. The first-order valence-corrected chi connectivity index (χ1v) is 10.8. The lowest BCUT2D eigenvalue weighted by atomic mass is 10.1. The summed E-state index contributed by atoms with van der Waals surface area (Å²) in [4.78, 5) is 28.8. The molecule has 9 nitrogen and oxygen atoms in total. The van der Waals surface area contributed by atoms with E-state index in [4.69, 9.17) is 4.74 Å². The number of imidazole rings is 1. The highest BCUT2D eigenvalue weighted by Gasteiger charge is 2.26. The number of hydrogen-bond donors (Lipinski definition) is 0. The third kappa shape index (κ3) is 3.59. The molecule has 0 aliphatic heterocycles. The molecule has 10 heteroatoms. The molecule has 0 fully saturated rings. The van der Waals surface area contributed by atoms with Crippen molar-refractivity contribution in [3.8, 4) is 5.75 Å². The molecule has 0 saturated carbocycles. The molecule has 0 aliphatic rings. The summed E-state index contributed by atoms with van der Waals surface area (Å²) >= 11 is 0. The number of hydrogen-bond acceptors (Lipinski definition) is 6. The molecule has 0 amide bonds. The van der Waals surface area contributed by atoms with Crippen molar-refractivity contribution < 1.29 is 13.2 Å². The number of nitrogens with zero attached hydrogens (tertiary/aromatic N) is 4. The maximum atomic E-state index is 13.1. The summed E-state index contributed by atoms with van der Waals surface area (Å²) in [5.74, 6) is 0.303. The van der Waals surface area contributed by atoms with Gasteiger partial charge in [0.25, 0.3) is 5.56 Å². The molecule has 3 rings (SSSR count). The van der Waals surface area contributed by atoms with Crippen LogP contribution in [0.5, 0.6) is 5.75 Å². The highest BCUT2D eigenvalue weighted by Crippen LogP contribution is 2.24. The molecule has 0 spiro atoms. The SMILES string of the molecule is CCCOc1ccc(C)c(CS(=O)(=O)c2nc3c(c(=O)n(C)c(=O)n3C)n2C)c1. The molecular weight excluding hydrogens is 396 g/mol. The third-order valence-electron chi connectivity index (χ3n) is 4.85. The lowest BCUT2D eigenvalue weighted by Gasteiger charge is -2.10. The highest BCUT2D eigenvalue weighted by atomic mass is 32.2. The van der Waals surface area contributed by atoms with Gasteiger partial charge in [-0.25, -0.2) is 13.2 Å². The number of sulfone groups is 1. The molecule has 0 N–H and O–H groups in total. The first-order chi connectivity index (χ1) is 13.6. The molecule has 29 heavy (non-hydrogen) atoms. The second-order valence-electron chi connectivity index (χ2n) is 7.03. The molecule has 2 heterocycles. The van der Waals surface area contributed by atoms with Crippen LogP contribution in [0.3, 0.4) is 0 Å². The van der Waals surface area contributed by atoms with Gasteiger partial charge in [0, 0.05) is 21.1 Å². The number of aromatic nitrogens is 4. The summed E-state index contributed by atoms with van der Waals surface area (Å²) in [6, 6.07) is 5.32. The fourth-order valence-electron chi connectivity index (χ4n) is 3.16. The van der Waals surface area contributed by atoms with Crippen molar-refractivity contribution in [1.29, 1.82) is 0 Å². The average Bonchev–Trinajstić information content (AvgIpc) is 3.03. The number of ether oxygens (including phenoxy) is 1. The van der Waals surface area contributed by atoms with E-state index in [0.29, 0.717) is 17.9 Å². The van der Waals surface area contributed by atoms with Gasteiger partial charge in [-0.2, -0.15) is 4.98 Å². The summed E-state index contributed by atoms with van der Waals surface area (Å²) in [5, 5.41) is -0.259. The van der Waals surface area contributed by atoms with Gasteiger partial charge < -0.3 is 9.30 Å². The Morgan fingerprint density at radius 2 is 1.76 bits per heavy atom. The fourth-order valence-corrected chi connectivity index (χ4v) is 4.74. The quantitative estimate of drug-likeness (QED) is 0.590. The second kappa shape index (κ2) is 7.51. The van der Waals surface area contributed by atoms with Crippen molar-refractivity contribution >= 4 is 21.0 Å². The summed E-state index contributed by atoms with van der Waals surface area (Å²) in [5.41, 5.74) is 0.333. The van der Waals surface area contributed by atoms with E-state index in [1.165, 1.54) is 30.3 Å². The Morgan fingerprint density at radius 1 is 1.07 bits per heavy atom. The molecule has 2 aromatic heterocycles. The van der Waals surface area contributed by atoms with E-state index in [1.54, 1.807) is 12.1 Å². The Morgan fingerprint density at radius 3 is 2.41 bits per heavy atom. The van der Waals surface area contributed by atoms with Crippen LogP contribution < -0.4 is 16.0 Å². The molecule has 1 aromatic carbocycles. The van der Waals surface area contributed by atoms with Gasteiger partial charge in [-0.15, -0.1) is 0 Å². The van der Waals surface area contributed by atoms with Crippen LogP contribution in [0.15, 0.2) is 32.9 Å². The Kier molecular flexibility index (Phi) is 5.40. The van der Waals surface area contributed by atoms with Crippen LogP contribution in [0.25, 0.3) is 11.2 Å². The highest BCUT2D eigenvalue weighted by molar-refractivity contribution is 7.90.